The van der Waals surface area contributed by atoms with Crippen LogP contribution >= 0.6 is 0 Å². The van der Waals surface area contributed by atoms with Crippen molar-refractivity contribution >= 4 is 26.9 Å². The van der Waals surface area contributed by atoms with E-state index in [1.165, 1.54) is 16.4 Å². The zero-order valence-corrected chi connectivity index (χ0v) is 19.2. The molecule has 1 aliphatic carbocycles. The lowest BCUT2D eigenvalue weighted by Gasteiger charge is -2.35. The Morgan fingerprint density at radius 1 is 0.882 bits per heavy atom. The Kier molecular flexibility index (Phi) is 5.07. The number of halogens is 1. The Bertz CT molecular complexity index is 1440. The normalized spacial score (nSPS) is 17.4. The minimum absolute atomic E-state index is 0.308. The molecule has 0 bridgehead atoms. The van der Waals surface area contributed by atoms with Crippen LogP contribution in [0.15, 0.2) is 65.7 Å². The second-order valence-corrected chi connectivity index (χ2v) is 10.6. The molecule has 2 aromatic carbocycles. The van der Waals surface area contributed by atoms with Gasteiger partial charge in [-0.25, -0.2) is 27.5 Å². The van der Waals surface area contributed by atoms with E-state index in [4.69, 9.17) is 9.97 Å². The summed E-state index contributed by atoms with van der Waals surface area (Å²) in [6.07, 6.45) is 3.84. The van der Waals surface area contributed by atoms with E-state index in [-0.39, 0.29) is 5.82 Å². The Morgan fingerprint density at radius 3 is 2.26 bits per heavy atom. The summed E-state index contributed by atoms with van der Waals surface area (Å²) in [5, 5.41) is 5.32. The number of sulfonamides is 1. The first-order chi connectivity index (χ1) is 16.5. The summed E-state index contributed by atoms with van der Waals surface area (Å²) in [6.45, 7) is 1.77. The molecule has 2 aliphatic rings. The SMILES string of the molecule is O=S(=O)(c1ccccc1)N1CCN(c2nc(C3CC3)nc3c2cnn3-c2ccc(F)cc2)CC1. The summed E-state index contributed by atoms with van der Waals surface area (Å²) >= 11 is 0. The molecule has 1 saturated heterocycles. The highest BCUT2D eigenvalue weighted by Gasteiger charge is 2.32. The Hall–Kier alpha value is -3.37. The van der Waals surface area contributed by atoms with Crippen molar-refractivity contribution in [1.29, 1.82) is 0 Å². The molecule has 2 fully saturated rings. The van der Waals surface area contributed by atoms with Gasteiger partial charge in [0.05, 0.1) is 22.2 Å². The highest BCUT2D eigenvalue weighted by atomic mass is 32.2. The summed E-state index contributed by atoms with van der Waals surface area (Å²) in [4.78, 5) is 12.1. The van der Waals surface area contributed by atoms with Crippen molar-refractivity contribution in [3.63, 3.8) is 0 Å². The second-order valence-electron chi connectivity index (χ2n) is 8.65. The van der Waals surface area contributed by atoms with Crippen molar-refractivity contribution in [2.24, 2.45) is 0 Å². The van der Waals surface area contributed by atoms with Gasteiger partial charge >= 0.3 is 0 Å². The number of benzene rings is 2. The molecular weight excluding hydrogens is 455 g/mol. The van der Waals surface area contributed by atoms with Gasteiger partial charge in [0.1, 0.15) is 17.5 Å². The molecule has 4 aromatic rings. The second kappa shape index (κ2) is 8.14. The summed E-state index contributed by atoms with van der Waals surface area (Å²) in [5.41, 5.74) is 1.40. The molecule has 2 aromatic heterocycles. The molecule has 0 amide bonds. The largest absolute Gasteiger partial charge is 0.353 e. The van der Waals surface area contributed by atoms with Gasteiger partial charge in [-0.1, -0.05) is 18.2 Å². The van der Waals surface area contributed by atoms with Crippen LogP contribution in [0.3, 0.4) is 0 Å². The lowest BCUT2D eigenvalue weighted by Crippen LogP contribution is -2.49. The van der Waals surface area contributed by atoms with Crippen molar-refractivity contribution < 1.29 is 12.8 Å². The molecule has 8 nitrogen and oxygen atoms in total. The Morgan fingerprint density at radius 2 is 1.59 bits per heavy atom. The summed E-state index contributed by atoms with van der Waals surface area (Å²) in [5.74, 6) is 1.58. The van der Waals surface area contributed by atoms with Crippen LogP contribution in [0.4, 0.5) is 10.2 Å². The number of rotatable bonds is 5. The number of fused-ring (bicyclic) bond motifs is 1. The number of piperazine rings is 1. The third-order valence-corrected chi connectivity index (χ3v) is 8.27. The van der Waals surface area contributed by atoms with E-state index in [0.29, 0.717) is 42.6 Å². The van der Waals surface area contributed by atoms with Gasteiger partial charge in [-0.15, -0.1) is 0 Å². The van der Waals surface area contributed by atoms with Crippen LogP contribution in [0.2, 0.25) is 0 Å². The minimum Gasteiger partial charge on any atom is -0.353 e. The molecule has 0 N–H and O–H groups in total. The molecule has 34 heavy (non-hydrogen) atoms. The molecular formula is C24H23FN6O2S. The predicted molar refractivity (Wildman–Crippen MR) is 126 cm³/mol. The van der Waals surface area contributed by atoms with Crippen LogP contribution in [0.5, 0.6) is 0 Å². The maximum Gasteiger partial charge on any atom is 0.243 e. The summed E-state index contributed by atoms with van der Waals surface area (Å²) < 4.78 is 42.7. The number of hydrogen-bond acceptors (Lipinski definition) is 6. The van der Waals surface area contributed by atoms with E-state index in [2.05, 4.69) is 10.00 Å². The van der Waals surface area contributed by atoms with Crippen LogP contribution in [-0.2, 0) is 10.0 Å². The van der Waals surface area contributed by atoms with Gasteiger partial charge in [0.2, 0.25) is 10.0 Å². The quantitative estimate of drug-likeness (QED) is 0.438. The van der Waals surface area contributed by atoms with E-state index < -0.39 is 10.0 Å². The molecule has 6 rings (SSSR count). The predicted octanol–water partition coefficient (Wildman–Crippen LogP) is 3.34. The lowest BCUT2D eigenvalue weighted by atomic mass is 10.2. The third-order valence-electron chi connectivity index (χ3n) is 6.36. The summed E-state index contributed by atoms with van der Waals surface area (Å²) in [6, 6.07) is 14.7. The van der Waals surface area contributed by atoms with Gasteiger partial charge in [0, 0.05) is 32.1 Å². The van der Waals surface area contributed by atoms with E-state index in [9.17, 15) is 12.8 Å². The number of aromatic nitrogens is 4. The standard InChI is InChI=1S/C24H23FN6O2S/c25-18-8-10-19(11-9-18)31-24-21(16-26-31)23(27-22(28-24)17-6-7-17)29-12-14-30(15-13-29)34(32,33)20-4-2-1-3-5-20/h1-5,8-11,16-17H,6-7,12-15H2. The maximum atomic E-state index is 13.4. The van der Waals surface area contributed by atoms with E-state index in [0.717, 1.165) is 35.6 Å². The first-order valence-electron chi connectivity index (χ1n) is 11.3. The van der Waals surface area contributed by atoms with Crippen molar-refractivity contribution in [2.75, 3.05) is 31.1 Å². The first kappa shape index (κ1) is 21.2. The number of hydrogen-bond donors (Lipinski definition) is 0. The zero-order chi connectivity index (χ0) is 23.3. The Balaban J connectivity index is 1.33. The molecule has 0 spiro atoms. The van der Waals surface area contributed by atoms with Crippen LogP contribution in [0.1, 0.15) is 24.6 Å². The van der Waals surface area contributed by atoms with Crippen molar-refractivity contribution in [3.8, 4) is 5.69 Å². The fourth-order valence-electron chi connectivity index (χ4n) is 4.33. The average Bonchev–Trinajstić information content (AvgIpc) is 3.64. The zero-order valence-electron chi connectivity index (χ0n) is 18.4. The molecule has 1 aliphatic heterocycles. The van der Waals surface area contributed by atoms with Crippen LogP contribution < -0.4 is 4.90 Å². The van der Waals surface area contributed by atoms with Gasteiger partial charge < -0.3 is 4.90 Å². The van der Waals surface area contributed by atoms with Crippen LogP contribution in [0.25, 0.3) is 16.7 Å². The maximum absolute atomic E-state index is 13.4. The van der Waals surface area contributed by atoms with Crippen LogP contribution in [-0.4, -0.2) is 58.7 Å². The molecule has 0 radical (unpaired) electrons. The molecule has 0 unspecified atom stereocenters. The van der Waals surface area contributed by atoms with Crippen molar-refractivity contribution in [2.45, 2.75) is 23.7 Å². The average molecular weight is 479 g/mol. The minimum atomic E-state index is -3.53. The molecule has 10 heteroatoms. The fourth-order valence-corrected chi connectivity index (χ4v) is 5.77. The molecule has 3 heterocycles. The monoisotopic (exact) mass is 478 g/mol. The molecule has 0 atom stereocenters. The smallest absolute Gasteiger partial charge is 0.243 e. The van der Waals surface area contributed by atoms with Gasteiger partial charge in [-0.05, 0) is 49.2 Å². The van der Waals surface area contributed by atoms with Crippen molar-refractivity contribution in [1.82, 2.24) is 24.1 Å². The van der Waals surface area contributed by atoms with Gasteiger partial charge in [-0.2, -0.15) is 9.40 Å². The van der Waals surface area contributed by atoms with E-state index >= 15 is 0 Å². The number of anilines is 1. The highest BCUT2D eigenvalue weighted by Crippen LogP contribution is 2.40. The van der Waals surface area contributed by atoms with Gasteiger partial charge in [-0.3, -0.25) is 0 Å². The van der Waals surface area contributed by atoms with Gasteiger partial charge in [0.15, 0.2) is 5.65 Å². The first-order valence-corrected chi connectivity index (χ1v) is 12.8. The number of nitrogens with zero attached hydrogens (tertiary/aromatic N) is 6. The Labute approximate surface area is 196 Å². The van der Waals surface area contributed by atoms with Gasteiger partial charge in [0.25, 0.3) is 0 Å². The highest BCUT2D eigenvalue weighted by molar-refractivity contribution is 7.89. The fraction of sp³-hybridized carbons (Fsp3) is 0.292. The molecule has 1 saturated carbocycles. The molecule has 174 valence electrons. The van der Waals surface area contributed by atoms with Crippen molar-refractivity contribution in [3.05, 3.63) is 72.4 Å². The van der Waals surface area contributed by atoms with E-state index in [1.54, 1.807) is 53.3 Å². The van der Waals surface area contributed by atoms with Crippen LogP contribution in [0, 0.1) is 5.82 Å². The topological polar surface area (TPSA) is 84.2 Å². The third kappa shape index (κ3) is 3.72. The van der Waals surface area contributed by atoms with E-state index in [1.807, 2.05) is 0 Å². The summed E-state index contributed by atoms with van der Waals surface area (Å²) in [7, 11) is -3.53. The lowest BCUT2D eigenvalue weighted by molar-refractivity contribution is 0.384.